The van der Waals surface area contributed by atoms with E-state index < -0.39 is 10.0 Å². The minimum Gasteiger partial charge on any atom is -0.493 e. The molecular formula is C24H26N2O5S. The maximum Gasteiger partial charge on any atom is 0.251 e. The third-order valence-corrected chi connectivity index (χ3v) is 6.31. The molecule has 3 aromatic carbocycles. The molecule has 0 bridgehead atoms. The topological polar surface area (TPSA) is 93.7 Å². The second-order valence-corrected chi connectivity index (χ2v) is 8.78. The minimum atomic E-state index is -3.78. The van der Waals surface area contributed by atoms with Gasteiger partial charge in [-0.2, -0.15) is 0 Å². The highest BCUT2D eigenvalue weighted by atomic mass is 32.2. The van der Waals surface area contributed by atoms with Gasteiger partial charge in [0, 0.05) is 12.1 Å². The fraction of sp³-hybridized carbons (Fsp3) is 0.208. The average molecular weight is 455 g/mol. The van der Waals surface area contributed by atoms with Crippen molar-refractivity contribution in [1.29, 1.82) is 0 Å². The summed E-state index contributed by atoms with van der Waals surface area (Å²) in [6.07, 6.45) is 0. The number of methoxy groups -OCH3 is 1. The molecule has 0 atom stereocenters. The Kier molecular flexibility index (Phi) is 7.86. The number of sulfonamides is 1. The number of ether oxygens (including phenoxy) is 2. The van der Waals surface area contributed by atoms with Crippen LogP contribution in [0.5, 0.6) is 11.5 Å². The molecule has 0 saturated carbocycles. The first-order valence-electron chi connectivity index (χ1n) is 10.1. The maximum absolute atomic E-state index is 12.8. The SMILES string of the molecule is COc1ccccc1OCCNC(=O)c1ccc(C)c(S(=O)(=O)NCc2ccccc2)c1. The van der Waals surface area contributed by atoms with Crippen molar-refractivity contribution >= 4 is 15.9 Å². The molecule has 1 amide bonds. The highest BCUT2D eigenvalue weighted by Crippen LogP contribution is 2.25. The molecule has 0 aromatic heterocycles. The first kappa shape index (κ1) is 23.3. The molecule has 0 fully saturated rings. The van der Waals surface area contributed by atoms with E-state index in [9.17, 15) is 13.2 Å². The van der Waals surface area contributed by atoms with Crippen molar-refractivity contribution in [2.75, 3.05) is 20.3 Å². The molecule has 0 spiro atoms. The predicted octanol–water partition coefficient (Wildman–Crippen LogP) is 3.29. The molecule has 2 N–H and O–H groups in total. The molecule has 0 saturated heterocycles. The summed E-state index contributed by atoms with van der Waals surface area (Å²) in [5, 5.41) is 2.74. The fourth-order valence-electron chi connectivity index (χ4n) is 3.05. The molecule has 0 radical (unpaired) electrons. The number of para-hydroxylation sites is 2. The van der Waals surface area contributed by atoms with Crippen molar-refractivity contribution in [2.45, 2.75) is 18.4 Å². The summed E-state index contributed by atoms with van der Waals surface area (Å²) >= 11 is 0. The summed E-state index contributed by atoms with van der Waals surface area (Å²) in [7, 11) is -2.23. The quantitative estimate of drug-likeness (QED) is 0.459. The number of nitrogens with one attached hydrogen (secondary N) is 2. The van der Waals surface area contributed by atoms with Gasteiger partial charge >= 0.3 is 0 Å². The number of benzene rings is 3. The van der Waals surface area contributed by atoms with Crippen molar-refractivity contribution in [3.8, 4) is 11.5 Å². The smallest absolute Gasteiger partial charge is 0.251 e. The lowest BCUT2D eigenvalue weighted by molar-refractivity contribution is 0.0946. The molecular weight excluding hydrogens is 428 g/mol. The van der Waals surface area contributed by atoms with Crippen molar-refractivity contribution in [3.05, 3.63) is 89.5 Å². The number of carbonyl (C=O) groups excluding carboxylic acids is 1. The van der Waals surface area contributed by atoms with Gasteiger partial charge in [0.25, 0.3) is 5.91 Å². The van der Waals surface area contributed by atoms with E-state index in [2.05, 4.69) is 10.0 Å². The second kappa shape index (κ2) is 10.8. The van der Waals surface area contributed by atoms with E-state index in [1.54, 1.807) is 38.3 Å². The molecule has 7 nitrogen and oxygen atoms in total. The molecule has 0 aliphatic heterocycles. The molecule has 0 aliphatic rings. The van der Waals surface area contributed by atoms with E-state index in [4.69, 9.17) is 9.47 Å². The number of aryl methyl sites for hydroxylation is 1. The van der Waals surface area contributed by atoms with Crippen LogP contribution in [0.3, 0.4) is 0 Å². The zero-order chi connectivity index (χ0) is 23.0. The highest BCUT2D eigenvalue weighted by molar-refractivity contribution is 7.89. The van der Waals surface area contributed by atoms with E-state index in [0.717, 1.165) is 5.56 Å². The number of amides is 1. The standard InChI is InChI=1S/C24H26N2O5S/c1-18-12-13-20(16-23(18)32(28,29)26-17-19-8-4-3-5-9-19)24(27)25-14-15-31-22-11-7-6-10-21(22)30-2/h3-13,16,26H,14-15,17H2,1-2H3,(H,25,27). The van der Waals surface area contributed by atoms with Gasteiger partial charge < -0.3 is 14.8 Å². The van der Waals surface area contributed by atoms with Crippen molar-refractivity contribution < 1.29 is 22.7 Å². The lowest BCUT2D eigenvalue weighted by Crippen LogP contribution is -2.29. The van der Waals surface area contributed by atoms with Crippen LogP contribution in [0.15, 0.2) is 77.7 Å². The van der Waals surface area contributed by atoms with E-state index >= 15 is 0 Å². The zero-order valence-corrected chi connectivity index (χ0v) is 18.8. The van der Waals surface area contributed by atoms with Crippen molar-refractivity contribution in [1.82, 2.24) is 10.0 Å². The van der Waals surface area contributed by atoms with Crippen LogP contribution in [0, 0.1) is 6.92 Å². The Hall–Kier alpha value is -3.36. The summed E-state index contributed by atoms with van der Waals surface area (Å²) in [6.45, 7) is 2.35. The lowest BCUT2D eigenvalue weighted by atomic mass is 10.1. The zero-order valence-electron chi connectivity index (χ0n) is 18.0. The van der Waals surface area contributed by atoms with Crippen LogP contribution < -0.4 is 19.5 Å². The number of carbonyl (C=O) groups is 1. The Bertz CT molecular complexity index is 1160. The van der Waals surface area contributed by atoms with Gasteiger partial charge in [-0.05, 0) is 42.3 Å². The van der Waals surface area contributed by atoms with Gasteiger partial charge in [0.2, 0.25) is 10.0 Å². The van der Waals surface area contributed by atoms with Crippen LogP contribution in [0.4, 0.5) is 0 Å². The Morgan fingerprint density at radius 1 is 0.938 bits per heavy atom. The molecule has 168 valence electrons. The lowest BCUT2D eigenvalue weighted by Gasteiger charge is -2.13. The Balaban J connectivity index is 1.60. The van der Waals surface area contributed by atoms with E-state index in [0.29, 0.717) is 17.1 Å². The fourth-order valence-corrected chi connectivity index (χ4v) is 4.33. The molecule has 0 aliphatic carbocycles. The first-order chi connectivity index (χ1) is 15.4. The first-order valence-corrected chi connectivity index (χ1v) is 11.6. The number of hydrogen-bond acceptors (Lipinski definition) is 5. The third-order valence-electron chi connectivity index (χ3n) is 4.76. The van der Waals surface area contributed by atoms with Gasteiger partial charge in [-0.1, -0.05) is 48.5 Å². The second-order valence-electron chi connectivity index (χ2n) is 7.05. The van der Waals surface area contributed by atoms with Crippen LogP contribution in [-0.2, 0) is 16.6 Å². The molecule has 3 rings (SSSR count). The van der Waals surface area contributed by atoms with E-state index in [1.165, 1.54) is 6.07 Å². The van der Waals surface area contributed by atoms with Gasteiger partial charge in [-0.25, -0.2) is 13.1 Å². The average Bonchev–Trinajstić information content (AvgIpc) is 2.81. The van der Waals surface area contributed by atoms with Gasteiger partial charge in [-0.15, -0.1) is 0 Å². The van der Waals surface area contributed by atoms with E-state index in [1.807, 2.05) is 42.5 Å². The van der Waals surface area contributed by atoms with Crippen LogP contribution in [0.1, 0.15) is 21.5 Å². The van der Waals surface area contributed by atoms with Crippen LogP contribution in [0.25, 0.3) is 0 Å². The van der Waals surface area contributed by atoms with Crippen molar-refractivity contribution in [3.63, 3.8) is 0 Å². The predicted molar refractivity (Wildman–Crippen MR) is 122 cm³/mol. The molecule has 8 heteroatoms. The number of hydrogen-bond donors (Lipinski definition) is 2. The summed E-state index contributed by atoms with van der Waals surface area (Å²) in [4.78, 5) is 12.6. The van der Waals surface area contributed by atoms with Gasteiger partial charge in [-0.3, -0.25) is 4.79 Å². The Labute approximate surface area is 188 Å². The summed E-state index contributed by atoms with van der Waals surface area (Å²) in [6, 6.07) is 21.1. The number of rotatable bonds is 10. The molecule has 32 heavy (non-hydrogen) atoms. The largest absolute Gasteiger partial charge is 0.493 e. The van der Waals surface area contributed by atoms with Gasteiger partial charge in [0.1, 0.15) is 6.61 Å². The third kappa shape index (κ3) is 6.09. The molecule has 0 unspecified atom stereocenters. The maximum atomic E-state index is 12.8. The Morgan fingerprint density at radius 2 is 1.62 bits per heavy atom. The Morgan fingerprint density at radius 3 is 2.34 bits per heavy atom. The summed E-state index contributed by atoms with van der Waals surface area (Å²) in [5.74, 6) is 0.806. The summed E-state index contributed by atoms with van der Waals surface area (Å²) in [5.41, 5.74) is 1.66. The minimum absolute atomic E-state index is 0.0753. The monoisotopic (exact) mass is 454 g/mol. The van der Waals surface area contributed by atoms with Crippen LogP contribution in [0.2, 0.25) is 0 Å². The van der Waals surface area contributed by atoms with E-state index in [-0.39, 0.29) is 36.1 Å². The van der Waals surface area contributed by atoms with Crippen LogP contribution in [-0.4, -0.2) is 34.6 Å². The highest BCUT2D eigenvalue weighted by Gasteiger charge is 2.19. The summed E-state index contributed by atoms with van der Waals surface area (Å²) < 4.78 is 39.1. The normalized spacial score (nSPS) is 11.1. The van der Waals surface area contributed by atoms with Crippen molar-refractivity contribution in [2.24, 2.45) is 0 Å². The van der Waals surface area contributed by atoms with Gasteiger partial charge in [0.05, 0.1) is 18.6 Å². The molecule has 0 heterocycles. The van der Waals surface area contributed by atoms with Gasteiger partial charge in [0.15, 0.2) is 11.5 Å². The van der Waals surface area contributed by atoms with Crippen LogP contribution >= 0.6 is 0 Å². The molecule has 3 aromatic rings.